The zero-order valence-corrected chi connectivity index (χ0v) is 23.8. The number of rotatable bonds is 5. The van der Waals surface area contributed by atoms with Crippen molar-refractivity contribution < 1.29 is 57.9 Å². The minimum absolute atomic E-state index is 0.0633. The molecule has 0 saturated carbocycles. The summed E-state index contributed by atoms with van der Waals surface area (Å²) in [6.45, 7) is 9.13. The summed E-state index contributed by atoms with van der Waals surface area (Å²) in [5.41, 5.74) is -2.91. The van der Waals surface area contributed by atoms with Crippen LogP contribution in [0.25, 0.3) is 0 Å². The van der Waals surface area contributed by atoms with Gasteiger partial charge in [-0.1, -0.05) is 18.6 Å². The molecule has 3 rings (SSSR count). The molecule has 1 aliphatic heterocycles. The van der Waals surface area contributed by atoms with E-state index in [4.69, 9.17) is 23.7 Å². The summed E-state index contributed by atoms with van der Waals surface area (Å²) in [5.74, 6) is -5.71. The van der Waals surface area contributed by atoms with Gasteiger partial charge in [-0.05, 0) is 25.5 Å². The van der Waals surface area contributed by atoms with E-state index in [2.05, 4.69) is 0 Å². The average molecular weight is 567 g/mol. The van der Waals surface area contributed by atoms with E-state index in [1.54, 1.807) is 19.9 Å². The van der Waals surface area contributed by atoms with Crippen molar-refractivity contribution in [2.45, 2.75) is 97.4 Å². The highest BCUT2D eigenvalue weighted by Crippen LogP contribution is 2.55. The maximum absolute atomic E-state index is 12.9. The highest BCUT2D eigenvalue weighted by molar-refractivity contribution is 5.78. The summed E-state index contributed by atoms with van der Waals surface area (Å²) in [6.07, 6.45) is -3.40. The predicted octanol–water partition coefficient (Wildman–Crippen LogP) is 1.30. The van der Waals surface area contributed by atoms with E-state index in [1.807, 2.05) is 0 Å². The second kappa shape index (κ2) is 11.7. The Morgan fingerprint density at radius 1 is 1.00 bits per heavy atom. The molecule has 2 aliphatic carbocycles. The zero-order chi connectivity index (χ0) is 30.2. The van der Waals surface area contributed by atoms with E-state index in [0.717, 1.165) is 6.92 Å². The van der Waals surface area contributed by atoms with Crippen LogP contribution in [0.3, 0.4) is 0 Å². The minimum Gasteiger partial charge on any atom is -0.462 e. The molecule has 9 atom stereocenters. The fourth-order valence-electron chi connectivity index (χ4n) is 6.27. The first-order valence-corrected chi connectivity index (χ1v) is 13.2. The minimum atomic E-state index is -2.19. The van der Waals surface area contributed by atoms with Crippen molar-refractivity contribution in [3.8, 4) is 0 Å². The third-order valence-corrected chi connectivity index (χ3v) is 8.29. The molecular weight excluding hydrogens is 528 g/mol. The molecule has 40 heavy (non-hydrogen) atoms. The van der Waals surface area contributed by atoms with Crippen LogP contribution in [-0.2, 0) is 47.7 Å². The Bertz CT molecular complexity index is 1120. The van der Waals surface area contributed by atoms with Gasteiger partial charge in [-0.3, -0.25) is 24.0 Å². The topological polar surface area (TPSA) is 172 Å². The molecule has 12 nitrogen and oxygen atoms in total. The Hall–Kier alpha value is -3.25. The van der Waals surface area contributed by atoms with Crippen LogP contribution >= 0.6 is 0 Å². The molecule has 0 amide bonds. The third-order valence-electron chi connectivity index (χ3n) is 8.29. The zero-order valence-electron chi connectivity index (χ0n) is 23.8. The lowest BCUT2D eigenvalue weighted by molar-refractivity contribution is -0.218. The van der Waals surface area contributed by atoms with Crippen LogP contribution in [0.15, 0.2) is 23.3 Å². The van der Waals surface area contributed by atoms with Crippen LogP contribution in [0, 0.1) is 17.3 Å². The van der Waals surface area contributed by atoms with Crippen LogP contribution < -0.4 is 0 Å². The molecule has 0 spiro atoms. The van der Waals surface area contributed by atoms with Gasteiger partial charge in [-0.25, -0.2) is 0 Å². The number of esters is 5. The van der Waals surface area contributed by atoms with Crippen LogP contribution in [-0.4, -0.2) is 82.8 Å². The van der Waals surface area contributed by atoms with Crippen molar-refractivity contribution >= 4 is 29.8 Å². The summed E-state index contributed by atoms with van der Waals surface area (Å²) in [4.78, 5) is 61.7. The first-order chi connectivity index (χ1) is 18.5. The normalized spacial score (nSPS) is 38.7. The average Bonchev–Trinajstić information content (AvgIpc) is 3.05. The number of hydrogen-bond acceptors (Lipinski definition) is 12. The summed E-state index contributed by atoms with van der Waals surface area (Å²) in [5, 5.41) is 23.8. The van der Waals surface area contributed by atoms with Gasteiger partial charge < -0.3 is 33.9 Å². The van der Waals surface area contributed by atoms with Gasteiger partial charge in [-0.15, -0.1) is 0 Å². The smallest absolute Gasteiger partial charge is 0.312 e. The number of carbonyl (C=O) groups excluding carboxylic acids is 5. The maximum Gasteiger partial charge on any atom is 0.312 e. The number of aliphatic hydroxyl groups is 2. The number of aliphatic hydroxyl groups excluding tert-OH is 1. The highest BCUT2D eigenvalue weighted by atomic mass is 16.6. The molecule has 0 aromatic carbocycles. The molecule has 0 aromatic heterocycles. The van der Waals surface area contributed by atoms with E-state index < -0.39 is 89.8 Å². The van der Waals surface area contributed by atoms with Crippen LogP contribution in [0.1, 0.15) is 61.3 Å². The quantitative estimate of drug-likeness (QED) is 0.278. The van der Waals surface area contributed by atoms with Gasteiger partial charge in [0.1, 0.15) is 24.9 Å². The van der Waals surface area contributed by atoms with Crippen molar-refractivity contribution in [3.63, 3.8) is 0 Å². The summed E-state index contributed by atoms with van der Waals surface area (Å²) in [6, 6.07) is 0. The molecule has 0 aromatic rings. The molecule has 0 unspecified atom stereocenters. The number of ether oxygens (including phenoxy) is 5. The summed E-state index contributed by atoms with van der Waals surface area (Å²) < 4.78 is 28.0. The number of hydrogen-bond donors (Lipinski definition) is 2. The van der Waals surface area contributed by atoms with E-state index in [9.17, 15) is 34.2 Å². The van der Waals surface area contributed by atoms with Gasteiger partial charge in [0.25, 0.3) is 0 Å². The van der Waals surface area contributed by atoms with Crippen molar-refractivity contribution in [3.05, 3.63) is 23.3 Å². The Morgan fingerprint density at radius 3 is 2.12 bits per heavy atom. The van der Waals surface area contributed by atoms with E-state index >= 15 is 0 Å². The van der Waals surface area contributed by atoms with E-state index in [-0.39, 0.29) is 18.4 Å². The molecule has 2 N–H and O–H groups in total. The summed E-state index contributed by atoms with van der Waals surface area (Å²) >= 11 is 0. The van der Waals surface area contributed by atoms with Crippen molar-refractivity contribution in [2.24, 2.45) is 17.3 Å². The third kappa shape index (κ3) is 5.78. The molecule has 1 heterocycles. The van der Waals surface area contributed by atoms with Crippen LogP contribution in [0.2, 0.25) is 0 Å². The highest BCUT2D eigenvalue weighted by Gasteiger charge is 2.67. The lowest BCUT2D eigenvalue weighted by Gasteiger charge is -2.54. The first kappa shape index (κ1) is 31.3. The lowest BCUT2D eigenvalue weighted by Crippen LogP contribution is -2.65. The Kier molecular flexibility index (Phi) is 9.15. The molecule has 1 saturated heterocycles. The standard InChI is InChI=1S/C28H38O12/c1-13-8-9-21(37-16(4)30)27(7)22(38-17(5)31)11-20(33)19(12-36-15(3)29)10-23-28(35,14(2)26(34)40-23)25(24(13)27)39-18(6)32/h8,10,14,20-25,33,35H,9,11-12H2,1-7H3/b19-10-/t14-,20+,21-,22-,23-,24+,25-,27+,28-/m0/s1. The van der Waals surface area contributed by atoms with Gasteiger partial charge >= 0.3 is 29.8 Å². The number of fused-ring (bicyclic) bond motifs is 2. The van der Waals surface area contributed by atoms with Crippen LogP contribution in [0.5, 0.6) is 0 Å². The van der Waals surface area contributed by atoms with Crippen molar-refractivity contribution in [2.75, 3.05) is 6.61 Å². The molecule has 1 fully saturated rings. The molecule has 0 radical (unpaired) electrons. The Labute approximate surface area is 232 Å². The fraction of sp³-hybridized carbons (Fsp3) is 0.679. The fourth-order valence-corrected chi connectivity index (χ4v) is 6.27. The van der Waals surface area contributed by atoms with Crippen LogP contribution in [0.4, 0.5) is 0 Å². The predicted molar refractivity (Wildman–Crippen MR) is 136 cm³/mol. The monoisotopic (exact) mass is 566 g/mol. The van der Waals surface area contributed by atoms with Crippen molar-refractivity contribution in [1.82, 2.24) is 0 Å². The number of carbonyl (C=O) groups is 5. The Morgan fingerprint density at radius 2 is 1.57 bits per heavy atom. The Balaban J connectivity index is 2.39. The van der Waals surface area contributed by atoms with E-state index in [1.165, 1.54) is 33.8 Å². The molecule has 12 heteroatoms. The summed E-state index contributed by atoms with van der Waals surface area (Å²) in [7, 11) is 0. The molecule has 0 bridgehead atoms. The molecule has 222 valence electrons. The van der Waals surface area contributed by atoms with Gasteiger partial charge in [0.2, 0.25) is 0 Å². The first-order valence-electron chi connectivity index (χ1n) is 13.2. The molecule has 3 aliphatic rings. The second-order valence-electron chi connectivity index (χ2n) is 11.0. The van der Waals surface area contributed by atoms with Gasteiger partial charge in [-0.2, -0.15) is 0 Å². The van der Waals surface area contributed by atoms with Gasteiger partial charge in [0.05, 0.1) is 17.4 Å². The maximum atomic E-state index is 12.9. The second-order valence-corrected chi connectivity index (χ2v) is 11.0. The largest absolute Gasteiger partial charge is 0.462 e. The lowest BCUT2D eigenvalue weighted by atomic mass is 9.56. The van der Waals surface area contributed by atoms with Gasteiger partial charge in [0.15, 0.2) is 11.7 Å². The van der Waals surface area contributed by atoms with Crippen molar-refractivity contribution in [1.29, 1.82) is 0 Å². The molecular formula is C28H38O12. The van der Waals surface area contributed by atoms with E-state index in [0.29, 0.717) is 5.57 Å². The van der Waals surface area contributed by atoms with Gasteiger partial charge in [0, 0.05) is 46.5 Å². The SMILES string of the molecule is CC(=O)OC/C1=C/[C@@H]2OC(=O)[C@H](C)[C@@]2(O)[C@@H](OC(C)=O)[C@H]2C(C)=CC[C@H](OC(C)=O)[C@]2(C)[C@@H](OC(C)=O)C[C@H]1O.